The third-order valence-electron chi connectivity index (χ3n) is 1.91. The van der Waals surface area contributed by atoms with Gasteiger partial charge in [0.15, 0.2) is 0 Å². The van der Waals surface area contributed by atoms with Crippen LogP contribution in [0, 0.1) is 5.92 Å². The third kappa shape index (κ3) is 5.16. The van der Waals surface area contributed by atoms with Gasteiger partial charge in [-0.25, -0.2) is 0 Å². The van der Waals surface area contributed by atoms with Gasteiger partial charge in [0.2, 0.25) is 0 Å². The molecule has 1 N–H and O–H groups in total. The van der Waals surface area contributed by atoms with E-state index in [1.165, 1.54) is 18.9 Å². The second kappa shape index (κ2) is 6.27. The summed E-state index contributed by atoms with van der Waals surface area (Å²) in [5, 5.41) is 8.74. The highest BCUT2D eigenvalue weighted by Crippen LogP contribution is 2.23. The van der Waals surface area contributed by atoms with Crippen molar-refractivity contribution in [1.82, 2.24) is 0 Å². The van der Waals surface area contributed by atoms with Crippen LogP contribution in [0.3, 0.4) is 0 Å². The molecule has 2 atom stereocenters. The number of carboxylic acid groups (broad SMARTS) is 1. The van der Waals surface area contributed by atoms with Gasteiger partial charge in [-0.1, -0.05) is 20.8 Å². The molecule has 0 rings (SSSR count). The first kappa shape index (κ1) is 12.8. The van der Waals surface area contributed by atoms with Crippen LogP contribution in [0.4, 0.5) is 0 Å². The summed E-state index contributed by atoms with van der Waals surface area (Å²) in [7, 11) is 1.52. The average Bonchev–Trinajstić information content (AvgIpc) is 2.03. The van der Waals surface area contributed by atoms with E-state index in [1.54, 1.807) is 0 Å². The fraction of sp³-hybridized carbons (Fsp3) is 0.889. The van der Waals surface area contributed by atoms with E-state index in [1.807, 2.05) is 6.92 Å². The van der Waals surface area contributed by atoms with E-state index in [9.17, 15) is 4.79 Å². The molecule has 0 aromatic rings. The van der Waals surface area contributed by atoms with Gasteiger partial charge in [-0.15, -0.1) is 11.8 Å². The molecule has 0 aromatic heterocycles. The maximum atomic E-state index is 10.7. The monoisotopic (exact) mass is 206 g/mol. The highest BCUT2D eigenvalue weighted by Gasteiger charge is 2.22. The number of ether oxygens (including phenoxy) is 1. The fourth-order valence-electron chi connectivity index (χ4n) is 0.736. The first-order valence-electron chi connectivity index (χ1n) is 4.36. The maximum Gasteiger partial charge on any atom is 0.319 e. The topological polar surface area (TPSA) is 46.5 Å². The molecule has 0 aliphatic heterocycles. The SMILES string of the molecule is COCC(SC(C)C(C)C)C(=O)O. The van der Waals surface area contributed by atoms with Gasteiger partial charge in [0.05, 0.1) is 6.61 Å². The van der Waals surface area contributed by atoms with Gasteiger partial charge in [-0.3, -0.25) is 4.79 Å². The zero-order valence-electron chi connectivity index (χ0n) is 8.61. The van der Waals surface area contributed by atoms with Crippen molar-refractivity contribution in [3.63, 3.8) is 0 Å². The summed E-state index contributed by atoms with van der Waals surface area (Å²) >= 11 is 1.46. The lowest BCUT2D eigenvalue weighted by atomic mass is 10.2. The summed E-state index contributed by atoms with van der Waals surface area (Å²) in [6, 6.07) is 0. The Kier molecular flexibility index (Phi) is 6.16. The van der Waals surface area contributed by atoms with E-state index >= 15 is 0 Å². The Morgan fingerprint density at radius 2 is 2.00 bits per heavy atom. The molecule has 78 valence electrons. The average molecular weight is 206 g/mol. The van der Waals surface area contributed by atoms with Crippen molar-refractivity contribution in [3.8, 4) is 0 Å². The van der Waals surface area contributed by atoms with Crippen molar-refractivity contribution in [1.29, 1.82) is 0 Å². The minimum absolute atomic E-state index is 0.275. The first-order valence-corrected chi connectivity index (χ1v) is 5.30. The standard InChI is InChI=1S/C9H18O3S/c1-6(2)7(3)13-8(5-12-4)9(10)11/h6-8H,5H2,1-4H3,(H,10,11). The molecule has 0 aromatic carbocycles. The Balaban J connectivity index is 4.01. The van der Waals surface area contributed by atoms with Crippen molar-refractivity contribution >= 4 is 17.7 Å². The van der Waals surface area contributed by atoms with Crippen molar-refractivity contribution in [2.24, 2.45) is 5.92 Å². The maximum absolute atomic E-state index is 10.7. The summed E-state index contributed by atoms with van der Waals surface area (Å²) in [6.45, 7) is 6.49. The number of hydrogen-bond acceptors (Lipinski definition) is 3. The number of thioether (sulfide) groups is 1. The number of carbonyl (C=O) groups is 1. The van der Waals surface area contributed by atoms with Crippen LogP contribution >= 0.6 is 11.8 Å². The van der Waals surface area contributed by atoms with Gasteiger partial charge >= 0.3 is 5.97 Å². The third-order valence-corrected chi connectivity index (χ3v) is 3.55. The van der Waals surface area contributed by atoms with Crippen LogP contribution in [0.1, 0.15) is 20.8 Å². The van der Waals surface area contributed by atoms with Crippen LogP contribution < -0.4 is 0 Å². The second-order valence-corrected chi connectivity index (χ2v) is 4.95. The van der Waals surface area contributed by atoms with E-state index < -0.39 is 11.2 Å². The molecule has 0 aliphatic rings. The number of rotatable bonds is 6. The van der Waals surface area contributed by atoms with Gasteiger partial charge < -0.3 is 9.84 Å². The Hall–Kier alpha value is -0.220. The zero-order chi connectivity index (χ0) is 10.4. The molecule has 0 spiro atoms. The molecule has 0 fully saturated rings. The van der Waals surface area contributed by atoms with E-state index in [-0.39, 0.29) is 6.61 Å². The van der Waals surface area contributed by atoms with Gasteiger partial charge in [-0.2, -0.15) is 0 Å². The highest BCUT2D eigenvalue weighted by atomic mass is 32.2. The normalized spacial score (nSPS) is 15.8. The molecule has 0 saturated heterocycles. The number of methoxy groups -OCH3 is 1. The molecular formula is C9H18O3S. The first-order chi connectivity index (χ1) is 5.99. The van der Waals surface area contributed by atoms with Gasteiger partial charge in [0.1, 0.15) is 5.25 Å². The fourth-order valence-corrected chi connectivity index (χ4v) is 1.90. The van der Waals surface area contributed by atoms with Crippen molar-refractivity contribution in [3.05, 3.63) is 0 Å². The van der Waals surface area contributed by atoms with Crippen LogP contribution in [0.15, 0.2) is 0 Å². The van der Waals surface area contributed by atoms with Gasteiger partial charge in [0.25, 0.3) is 0 Å². The van der Waals surface area contributed by atoms with E-state index in [0.717, 1.165) is 0 Å². The summed E-state index contributed by atoms with van der Waals surface area (Å²) in [5.41, 5.74) is 0. The second-order valence-electron chi connectivity index (χ2n) is 3.37. The Labute approximate surface area is 83.9 Å². The lowest BCUT2D eigenvalue weighted by Gasteiger charge is -2.19. The molecule has 0 aliphatic carbocycles. The lowest BCUT2D eigenvalue weighted by Crippen LogP contribution is -2.25. The Bertz CT molecular complexity index is 159. The molecule has 13 heavy (non-hydrogen) atoms. The lowest BCUT2D eigenvalue weighted by molar-refractivity contribution is -0.137. The molecule has 0 saturated carbocycles. The predicted molar refractivity (Wildman–Crippen MR) is 55.2 cm³/mol. The summed E-state index contributed by atoms with van der Waals surface area (Å²) in [6.07, 6.45) is 0. The van der Waals surface area contributed by atoms with Crippen LogP contribution in [0.2, 0.25) is 0 Å². The molecule has 0 bridgehead atoms. The summed E-state index contributed by atoms with van der Waals surface area (Å²) in [5.74, 6) is -0.303. The largest absolute Gasteiger partial charge is 0.480 e. The molecular weight excluding hydrogens is 188 g/mol. The predicted octanol–water partition coefficient (Wildman–Crippen LogP) is 1.86. The number of hydrogen-bond donors (Lipinski definition) is 1. The highest BCUT2D eigenvalue weighted by molar-refractivity contribution is 8.01. The summed E-state index contributed by atoms with van der Waals surface area (Å²) in [4.78, 5) is 10.7. The molecule has 3 nitrogen and oxygen atoms in total. The van der Waals surface area contributed by atoms with E-state index in [0.29, 0.717) is 11.2 Å². The minimum atomic E-state index is -0.792. The van der Waals surface area contributed by atoms with Crippen molar-refractivity contribution in [2.75, 3.05) is 13.7 Å². The van der Waals surface area contributed by atoms with Crippen LogP contribution in [0.25, 0.3) is 0 Å². The van der Waals surface area contributed by atoms with Crippen molar-refractivity contribution < 1.29 is 14.6 Å². The minimum Gasteiger partial charge on any atom is -0.480 e. The quantitative estimate of drug-likeness (QED) is 0.720. The van der Waals surface area contributed by atoms with Crippen LogP contribution in [-0.2, 0) is 9.53 Å². The van der Waals surface area contributed by atoms with Crippen LogP contribution in [-0.4, -0.2) is 35.3 Å². The zero-order valence-corrected chi connectivity index (χ0v) is 9.43. The Morgan fingerprint density at radius 1 is 1.46 bits per heavy atom. The van der Waals surface area contributed by atoms with E-state index in [4.69, 9.17) is 9.84 Å². The van der Waals surface area contributed by atoms with Gasteiger partial charge in [-0.05, 0) is 5.92 Å². The number of carboxylic acids is 1. The number of aliphatic carboxylic acids is 1. The Morgan fingerprint density at radius 3 is 2.31 bits per heavy atom. The van der Waals surface area contributed by atoms with Crippen molar-refractivity contribution in [2.45, 2.75) is 31.3 Å². The van der Waals surface area contributed by atoms with E-state index in [2.05, 4.69) is 13.8 Å². The molecule has 0 amide bonds. The summed E-state index contributed by atoms with van der Waals surface area (Å²) < 4.78 is 4.84. The van der Waals surface area contributed by atoms with Crippen LogP contribution in [0.5, 0.6) is 0 Å². The molecule has 0 radical (unpaired) electrons. The van der Waals surface area contributed by atoms with Gasteiger partial charge in [0, 0.05) is 12.4 Å². The molecule has 4 heteroatoms. The molecule has 2 unspecified atom stereocenters. The molecule has 0 heterocycles. The smallest absolute Gasteiger partial charge is 0.319 e.